The standard InChI is InChI=1S/C14H17F3N4/c1-9(2)21-13(19-8-20-21)7-12(18)10-4-3-5-11(6-10)14(15,16)17/h3-6,8-9,12H,7,18H2,1-2H3. The molecule has 0 amide bonds. The average molecular weight is 298 g/mol. The van der Waals surface area contributed by atoms with Crippen molar-refractivity contribution in [3.05, 3.63) is 47.5 Å². The highest BCUT2D eigenvalue weighted by atomic mass is 19.4. The average Bonchev–Trinajstić information content (AvgIpc) is 2.86. The van der Waals surface area contributed by atoms with Gasteiger partial charge in [0, 0.05) is 18.5 Å². The van der Waals surface area contributed by atoms with Crippen LogP contribution < -0.4 is 5.73 Å². The fourth-order valence-corrected chi connectivity index (χ4v) is 2.11. The second-order valence-electron chi connectivity index (χ2n) is 5.15. The van der Waals surface area contributed by atoms with E-state index in [1.165, 1.54) is 12.4 Å². The van der Waals surface area contributed by atoms with Gasteiger partial charge < -0.3 is 5.73 Å². The summed E-state index contributed by atoms with van der Waals surface area (Å²) in [5.41, 5.74) is 5.76. The molecule has 0 saturated carbocycles. The molecule has 2 N–H and O–H groups in total. The van der Waals surface area contributed by atoms with Gasteiger partial charge in [-0.3, -0.25) is 0 Å². The van der Waals surface area contributed by atoms with E-state index >= 15 is 0 Å². The molecule has 114 valence electrons. The Labute approximate surface area is 120 Å². The molecule has 1 unspecified atom stereocenters. The maximum absolute atomic E-state index is 12.7. The molecule has 0 spiro atoms. The zero-order chi connectivity index (χ0) is 15.6. The zero-order valence-corrected chi connectivity index (χ0v) is 11.8. The first-order valence-electron chi connectivity index (χ1n) is 6.60. The molecule has 2 aromatic rings. The lowest BCUT2D eigenvalue weighted by Crippen LogP contribution is -2.18. The van der Waals surface area contributed by atoms with Gasteiger partial charge in [0.05, 0.1) is 5.56 Å². The molecule has 7 heteroatoms. The number of rotatable bonds is 4. The maximum Gasteiger partial charge on any atom is 0.416 e. The number of halogens is 3. The van der Waals surface area contributed by atoms with Gasteiger partial charge in [0.25, 0.3) is 0 Å². The summed E-state index contributed by atoms with van der Waals surface area (Å²) in [5, 5.41) is 4.09. The van der Waals surface area contributed by atoms with Crippen LogP contribution in [0.3, 0.4) is 0 Å². The van der Waals surface area contributed by atoms with Crippen LogP contribution in [0.5, 0.6) is 0 Å². The Hall–Kier alpha value is -1.89. The molecule has 0 radical (unpaired) electrons. The van der Waals surface area contributed by atoms with Crippen LogP contribution in [-0.4, -0.2) is 14.8 Å². The highest BCUT2D eigenvalue weighted by Gasteiger charge is 2.30. The third kappa shape index (κ3) is 3.60. The number of alkyl halides is 3. The first-order valence-corrected chi connectivity index (χ1v) is 6.60. The molecule has 1 aromatic heterocycles. The van der Waals surface area contributed by atoms with Crippen LogP contribution >= 0.6 is 0 Å². The van der Waals surface area contributed by atoms with Gasteiger partial charge in [0.1, 0.15) is 12.2 Å². The van der Waals surface area contributed by atoms with Crippen molar-refractivity contribution in [3.63, 3.8) is 0 Å². The molecule has 0 saturated heterocycles. The summed E-state index contributed by atoms with van der Waals surface area (Å²) in [6.45, 7) is 3.90. The van der Waals surface area contributed by atoms with Gasteiger partial charge in [-0.1, -0.05) is 12.1 Å². The van der Waals surface area contributed by atoms with E-state index < -0.39 is 17.8 Å². The molecule has 1 aromatic carbocycles. The molecule has 0 fully saturated rings. The highest BCUT2D eigenvalue weighted by molar-refractivity contribution is 5.28. The van der Waals surface area contributed by atoms with E-state index in [0.717, 1.165) is 12.1 Å². The first-order chi connectivity index (χ1) is 9.79. The molecule has 1 atom stereocenters. The van der Waals surface area contributed by atoms with Crippen molar-refractivity contribution in [2.24, 2.45) is 5.73 Å². The Bertz CT molecular complexity index is 604. The van der Waals surface area contributed by atoms with Crippen LogP contribution in [0.15, 0.2) is 30.6 Å². The molecular weight excluding hydrogens is 281 g/mol. The summed E-state index contributed by atoms with van der Waals surface area (Å²) in [6.07, 6.45) is -2.61. The molecule has 1 heterocycles. The zero-order valence-electron chi connectivity index (χ0n) is 11.8. The van der Waals surface area contributed by atoms with Gasteiger partial charge in [-0.15, -0.1) is 0 Å². The third-order valence-corrected chi connectivity index (χ3v) is 3.18. The van der Waals surface area contributed by atoms with Crippen molar-refractivity contribution in [1.82, 2.24) is 14.8 Å². The van der Waals surface area contributed by atoms with Crippen LogP contribution in [0.4, 0.5) is 13.2 Å². The lowest BCUT2D eigenvalue weighted by atomic mass is 10.0. The van der Waals surface area contributed by atoms with Crippen LogP contribution in [0.1, 0.15) is 42.9 Å². The molecule has 4 nitrogen and oxygen atoms in total. The predicted molar refractivity (Wildman–Crippen MR) is 72.5 cm³/mol. The number of hydrogen-bond donors (Lipinski definition) is 1. The van der Waals surface area contributed by atoms with Gasteiger partial charge in [-0.05, 0) is 31.5 Å². The second-order valence-corrected chi connectivity index (χ2v) is 5.15. The number of hydrogen-bond acceptors (Lipinski definition) is 3. The highest BCUT2D eigenvalue weighted by Crippen LogP contribution is 2.30. The van der Waals surface area contributed by atoms with Gasteiger partial charge in [-0.2, -0.15) is 18.3 Å². The molecular formula is C14H17F3N4. The van der Waals surface area contributed by atoms with Crippen molar-refractivity contribution in [2.45, 2.75) is 38.5 Å². The van der Waals surface area contributed by atoms with E-state index in [9.17, 15) is 13.2 Å². The van der Waals surface area contributed by atoms with E-state index in [0.29, 0.717) is 17.8 Å². The lowest BCUT2D eigenvalue weighted by molar-refractivity contribution is -0.137. The fraction of sp³-hybridized carbons (Fsp3) is 0.429. The first kappa shape index (κ1) is 15.5. The summed E-state index contributed by atoms with van der Waals surface area (Å²) in [4.78, 5) is 4.12. The smallest absolute Gasteiger partial charge is 0.324 e. The minimum absolute atomic E-state index is 0.121. The molecule has 0 aliphatic heterocycles. The molecule has 2 rings (SSSR count). The number of nitrogens with zero attached hydrogens (tertiary/aromatic N) is 3. The molecule has 0 bridgehead atoms. The van der Waals surface area contributed by atoms with Gasteiger partial charge in [-0.25, -0.2) is 9.67 Å². The van der Waals surface area contributed by atoms with Crippen LogP contribution in [-0.2, 0) is 12.6 Å². The number of benzene rings is 1. The minimum Gasteiger partial charge on any atom is -0.324 e. The van der Waals surface area contributed by atoms with Crippen LogP contribution in [0.2, 0.25) is 0 Å². The van der Waals surface area contributed by atoms with Crippen molar-refractivity contribution in [3.8, 4) is 0 Å². The Morgan fingerprint density at radius 1 is 1.29 bits per heavy atom. The largest absolute Gasteiger partial charge is 0.416 e. The van der Waals surface area contributed by atoms with Crippen LogP contribution in [0, 0.1) is 0 Å². The summed E-state index contributed by atoms with van der Waals surface area (Å²) in [6, 6.07) is 4.64. The van der Waals surface area contributed by atoms with E-state index in [1.807, 2.05) is 13.8 Å². The normalized spacial score (nSPS) is 13.7. The van der Waals surface area contributed by atoms with Crippen LogP contribution in [0.25, 0.3) is 0 Å². The maximum atomic E-state index is 12.7. The summed E-state index contributed by atoms with van der Waals surface area (Å²) in [5.74, 6) is 0.662. The SMILES string of the molecule is CC(C)n1ncnc1CC(N)c1cccc(C(F)(F)F)c1. The fourth-order valence-electron chi connectivity index (χ4n) is 2.11. The Morgan fingerprint density at radius 2 is 2.00 bits per heavy atom. The van der Waals surface area contributed by atoms with E-state index in [1.54, 1.807) is 10.7 Å². The number of nitrogens with two attached hydrogens (primary N) is 1. The monoisotopic (exact) mass is 298 g/mol. The Balaban J connectivity index is 2.21. The minimum atomic E-state index is -4.37. The van der Waals surface area contributed by atoms with E-state index in [2.05, 4.69) is 10.1 Å². The summed E-state index contributed by atoms with van der Waals surface area (Å²) < 4.78 is 39.8. The molecule has 21 heavy (non-hydrogen) atoms. The van der Waals surface area contributed by atoms with E-state index in [4.69, 9.17) is 5.73 Å². The molecule has 0 aliphatic rings. The number of aromatic nitrogens is 3. The summed E-state index contributed by atoms with van der Waals surface area (Å²) in [7, 11) is 0. The Morgan fingerprint density at radius 3 is 2.62 bits per heavy atom. The van der Waals surface area contributed by atoms with Gasteiger partial charge >= 0.3 is 6.18 Å². The van der Waals surface area contributed by atoms with Crippen molar-refractivity contribution in [2.75, 3.05) is 0 Å². The van der Waals surface area contributed by atoms with Crippen molar-refractivity contribution < 1.29 is 13.2 Å². The predicted octanol–water partition coefficient (Wildman–Crippen LogP) is 3.12. The molecule has 0 aliphatic carbocycles. The summed E-state index contributed by atoms with van der Waals surface area (Å²) >= 11 is 0. The van der Waals surface area contributed by atoms with Crippen molar-refractivity contribution in [1.29, 1.82) is 0 Å². The Kier molecular flexibility index (Phi) is 4.32. The van der Waals surface area contributed by atoms with E-state index in [-0.39, 0.29) is 6.04 Å². The van der Waals surface area contributed by atoms with Crippen molar-refractivity contribution >= 4 is 0 Å². The van der Waals surface area contributed by atoms with Gasteiger partial charge in [0.15, 0.2) is 0 Å². The third-order valence-electron chi connectivity index (χ3n) is 3.18. The quantitative estimate of drug-likeness (QED) is 0.943. The lowest BCUT2D eigenvalue weighted by Gasteiger charge is -2.16. The second kappa shape index (κ2) is 5.85. The topological polar surface area (TPSA) is 56.7 Å². The van der Waals surface area contributed by atoms with Gasteiger partial charge in [0.2, 0.25) is 0 Å².